The molecule has 1 heterocycles. The van der Waals surface area contributed by atoms with Gasteiger partial charge in [-0.05, 0) is 41.0 Å². The zero-order valence-corrected chi connectivity index (χ0v) is 13.1. The van der Waals surface area contributed by atoms with E-state index in [2.05, 4.69) is 5.32 Å². The van der Waals surface area contributed by atoms with Crippen molar-refractivity contribution in [3.8, 4) is 0 Å². The minimum atomic E-state index is -0.794. The molecule has 2 amide bonds. The van der Waals surface area contributed by atoms with Crippen LogP contribution in [0.15, 0.2) is 0 Å². The molecular weight excluding hydrogens is 276 g/mol. The summed E-state index contributed by atoms with van der Waals surface area (Å²) >= 11 is 0. The number of hydrogen-bond acceptors (Lipinski definition) is 5. The smallest absolute Gasteiger partial charge is 0.407 e. The first-order chi connectivity index (χ1) is 9.48. The third-order valence-electron chi connectivity index (χ3n) is 3.53. The largest absolute Gasteiger partial charge is 0.444 e. The first-order valence-corrected chi connectivity index (χ1v) is 7.13. The van der Waals surface area contributed by atoms with Crippen LogP contribution in [0.25, 0.3) is 0 Å². The first kappa shape index (κ1) is 16.0. The van der Waals surface area contributed by atoms with Gasteiger partial charge in [0.1, 0.15) is 17.8 Å². The Kier molecular flexibility index (Phi) is 3.92. The Morgan fingerprint density at radius 1 is 1.24 bits per heavy atom. The van der Waals surface area contributed by atoms with Crippen LogP contribution >= 0.6 is 0 Å². The van der Waals surface area contributed by atoms with Crippen molar-refractivity contribution in [2.75, 3.05) is 0 Å². The molecule has 21 heavy (non-hydrogen) atoms. The number of fused-ring (bicyclic) bond motifs is 1. The van der Waals surface area contributed by atoms with Crippen molar-refractivity contribution in [3.05, 3.63) is 0 Å². The molecular formula is C14H24N2O5. The molecule has 1 saturated heterocycles. The van der Waals surface area contributed by atoms with Gasteiger partial charge in [0.05, 0.1) is 12.0 Å². The molecule has 0 spiro atoms. The zero-order chi connectivity index (χ0) is 16.0. The summed E-state index contributed by atoms with van der Waals surface area (Å²) in [7, 11) is 0. The molecule has 2 fully saturated rings. The monoisotopic (exact) mass is 300 g/mol. The van der Waals surface area contributed by atoms with Gasteiger partial charge in [-0.25, -0.2) is 4.79 Å². The lowest BCUT2D eigenvalue weighted by molar-refractivity contribution is -0.161. The van der Waals surface area contributed by atoms with Crippen molar-refractivity contribution in [1.29, 1.82) is 0 Å². The van der Waals surface area contributed by atoms with Gasteiger partial charge in [-0.3, -0.25) is 4.79 Å². The van der Waals surface area contributed by atoms with Gasteiger partial charge >= 0.3 is 6.09 Å². The van der Waals surface area contributed by atoms with E-state index in [0.717, 1.165) is 0 Å². The lowest BCUT2D eigenvalue weighted by atomic mass is 10.1. The van der Waals surface area contributed by atoms with Crippen LogP contribution in [0.2, 0.25) is 0 Å². The molecule has 0 radical (unpaired) electrons. The molecule has 1 saturated carbocycles. The van der Waals surface area contributed by atoms with Crippen molar-refractivity contribution in [1.82, 2.24) is 5.32 Å². The van der Waals surface area contributed by atoms with Crippen LogP contribution in [0, 0.1) is 5.92 Å². The van der Waals surface area contributed by atoms with Crippen LogP contribution in [0.4, 0.5) is 4.79 Å². The Balaban J connectivity index is 2.07. The summed E-state index contributed by atoms with van der Waals surface area (Å²) in [6, 6.07) is -0.357. The molecule has 4 atom stereocenters. The van der Waals surface area contributed by atoms with E-state index in [1.807, 2.05) is 0 Å². The fraction of sp³-hybridized carbons (Fsp3) is 0.857. The molecule has 0 aromatic carbocycles. The maximum atomic E-state index is 11.9. The number of hydrogen-bond donors (Lipinski definition) is 2. The average molecular weight is 300 g/mol. The highest BCUT2D eigenvalue weighted by molar-refractivity contribution is 5.78. The minimum Gasteiger partial charge on any atom is -0.444 e. The third kappa shape index (κ3) is 3.65. The second-order valence-corrected chi connectivity index (χ2v) is 7.06. The Hall–Kier alpha value is -1.34. The lowest BCUT2D eigenvalue weighted by Crippen LogP contribution is -2.45. The molecule has 3 N–H and O–H groups in total. The van der Waals surface area contributed by atoms with Crippen LogP contribution in [-0.4, -0.2) is 41.6 Å². The summed E-state index contributed by atoms with van der Waals surface area (Å²) in [5.74, 6) is -1.71. The van der Waals surface area contributed by atoms with Gasteiger partial charge in [0.15, 0.2) is 5.79 Å². The Labute approximate surface area is 124 Å². The summed E-state index contributed by atoms with van der Waals surface area (Å²) in [5.41, 5.74) is 4.83. The van der Waals surface area contributed by atoms with Gasteiger partial charge in [-0.2, -0.15) is 0 Å². The van der Waals surface area contributed by atoms with E-state index in [1.165, 1.54) is 0 Å². The number of nitrogens with two attached hydrogens (primary N) is 1. The fourth-order valence-electron chi connectivity index (χ4n) is 2.86. The van der Waals surface area contributed by atoms with E-state index >= 15 is 0 Å². The van der Waals surface area contributed by atoms with E-state index in [9.17, 15) is 9.59 Å². The summed E-state index contributed by atoms with van der Waals surface area (Å²) in [4.78, 5) is 23.5. The highest BCUT2D eigenvalue weighted by atomic mass is 16.8. The minimum absolute atomic E-state index is 0.357. The Morgan fingerprint density at radius 3 is 2.33 bits per heavy atom. The van der Waals surface area contributed by atoms with Gasteiger partial charge < -0.3 is 25.3 Å². The van der Waals surface area contributed by atoms with Crippen LogP contribution in [0.3, 0.4) is 0 Å². The van der Waals surface area contributed by atoms with Crippen molar-refractivity contribution in [2.45, 2.75) is 70.7 Å². The predicted octanol–water partition coefficient (Wildman–Crippen LogP) is 0.905. The highest BCUT2D eigenvalue weighted by Gasteiger charge is 2.56. The van der Waals surface area contributed by atoms with E-state index in [-0.39, 0.29) is 6.04 Å². The van der Waals surface area contributed by atoms with Crippen LogP contribution in [-0.2, 0) is 19.0 Å². The number of nitrogens with one attached hydrogen (secondary N) is 1. The van der Waals surface area contributed by atoms with E-state index in [0.29, 0.717) is 6.42 Å². The molecule has 1 aliphatic heterocycles. The van der Waals surface area contributed by atoms with Crippen molar-refractivity contribution < 1.29 is 23.8 Å². The second-order valence-electron chi connectivity index (χ2n) is 7.06. The summed E-state index contributed by atoms with van der Waals surface area (Å²) in [6.45, 7) is 8.90. The van der Waals surface area contributed by atoms with Crippen LogP contribution in [0.1, 0.15) is 41.0 Å². The van der Waals surface area contributed by atoms with Crippen molar-refractivity contribution in [2.24, 2.45) is 11.7 Å². The number of primary amides is 1. The summed E-state index contributed by atoms with van der Waals surface area (Å²) < 4.78 is 16.8. The van der Waals surface area contributed by atoms with Crippen LogP contribution < -0.4 is 11.1 Å². The van der Waals surface area contributed by atoms with Gasteiger partial charge in [0.25, 0.3) is 0 Å². The normalized spacial score (nSPS) is 34.3. The number of alkyl carbamates (subject to hydrolysis) is 1. The number of carbonyl (C=O) groups is 2. The Morgan fingerprint density at radius 2 is 1.81 bits per heavy atom. The maximum Gasteiger partial charge on any atom is 0.407 e. The van der Waals surface area contributed by atoms with E-state index in [1.54, 1.807) is 34.6 Å². The Bertz CT molecular complexity index is 443. The molecule has 2 rings (SSSR count). The quantitative estimate of drug-likeness (QED) is 0.789. The zero-order valence-electron chi connectivity index (χ0n) is 13.1. The molecule has 0 aromatic heterocycles. The maximum absolute atomic E-state index is 11.9. The van der Waals surface area contributed by atoms with Gasteiger partial charge in [0.2, 0.25) is 5.91 Å². The van der Waals surface area contributed by atoms with E-state index < -0.39 is 41.5 Å². The standard InChI is InChI=1S/C14H24N2O5/c1-13(2,3)21-12(18)16-8-6-7(11(15)17)9-10(8)20-14(4,5)19-9/h7-10H,6H2,1-5H3,(H2,15,17)(H,16,18)/t7-,8-,9+,10-/m0/s1. The number of carbonyl (C=O) groups excluding carboxylic acids is 2. The van der Waals surface area contributed by atoms with Gasteiger partial charge in [-0.15, -0.1) is 0 Å². The van der Waals surface area contributed by atoms with Crippen molar-refractivity contribution in [3.63, 3.8) is 0 Å². The SMILES string of the molecule is CC(C)(C)OC(=O)N[C@H]1C[C@H](C(N)=O)[C@H]2OC(C)(C)O[C@H]21. The predicted molar refractivity (Wildman–Crippen MR) is 74.3 cm³/mol. The lowest BCUT2D eigenvalue weighted by Gasteiger charge is -2.25. The molecule has 120 valence electrons. The first-order valence-electron chi connectivity index (χ1n) is 7.13. The third-order valence-corrected chi connectivity index (χ3v) is 3.53. The molecule has 1 aliphatic carbocycles. The van der Waals surface area contributed by atoms with E-state index in [4.69, 9.17) is 19.9 Å². The molecule has 0 aromatic rings. The molecule has 7 nitrogen and oxygen atoms in total. The van der Waals surface area contributed by atoms with Crippen LogP contribution in [0.5, 0.6) is 0 Å². The van der Waals surface area contributed by atoms with Gasteiger partial charge in [0, 0.05) is 0 Å². The highest BCUT2D eigenvalue weighted by Crippen LogP contribution is 2.41. The molecule has 0 bridgehead atoms. The van der Waals surface area contributed by atoms with Crippen molar-refractivity contribution >= 4 is 12.0 Å². The fourth-order valence-corrected chi connectivity index (χ4v) is 2.86. The second kappa shape index (κ2) is 5.14. The summed E-state index contributed by atoms with van der Waals surface area (Å²) in [6.07, 6.45) is -0.980. The average Bonchev–Trinajstić information content (AvgIpc) is 2.70. The molecule has 0 unspecified atom stereocenters. The summed E-state index contributed by atoms with van der Waals surface area (Å²) in [5, 5.41) is 2.76. The topological polar surface area (TPSA) is 99.9 Å². The molecule has 7 heteroatoms. The number of amides is 2. The number of ether oxygens (including phenoxy) is 3. The molecule has 2 aliphatic rings. The number of rotatable bonds is 2. The van der Waals surface area contributed by atoms with Gasteiger partial charge in [-0.1, -0.05) is 0 Å².